The van der Waals surface area contributed by atoms with E-state index in [4.69, 9.17) is 9.90 Å². The molecule has 0 aliphatic carbocycles. The van der Waals surface area contributed by atoms with Crippen LogP contribution in [0.2, 0.25) is 0 Å². The average molecular weight is 651 g/mol. The van der Waals surface area contributed by atoms with E-state index in [9.17, 15) is 40.7 Å². The monoisotopic (exact) mass is 650 g/mol. The van der Waals surface area contributed by atoms with Crippen LogP contribution in [0.25, 0.3) is 0 Å². The topological polar surface area (TPSA) is 133 Å². The van der Waals surface area contributed by atoms with E-state index in [1.54, 1.807) is 12.1 Å². The molecule has 0 unspecified atom stereocenters. The van der Waals surface area contributed by atoms with Crippen molar-refractivity contribution < 1.29 is 55.5 Å². The number of benzene rings is 1. The van der Waals surface area contributed by atoms with Crippen molar-refractivity contribution in [3.8, 4) is 0 Å². The summed E-state index contributed by atoms with van der Waals surface area (Å²) in [6.45, 7) is 2.76. The Labute approximate surface area is 253 Å². The lowest BCUT2D eigenvalue weighted by Gasteiger charge is -2.31. The molecule has 2 amide bonds. The molecular weight excluding hydrogens is 618 g/mol. The lowest BCUT2D eigenvalue weighted by Crippen LogP contribution is -3.12. The molecule has 0 saturated carbocycles. The Morgan fingerprint density at radius 3 is 2.16 bits per heavy atom. The molecule has 1 atom stereocenters. The maximum Gasteiger partial charge on any atom is 0.450 e. The van der Waals surface area contributed by atoms with Gasteiger partial charge in [0.1, 0.15) is 18.6 Å². The lowest BCUT2D eigenvalue weighted by atomic mass is 10.0. The van der Waals surface area contributed by atoms with Gasteiger partial charge in [0.2, 0.25) is 11.7 Å². The minimum atomic E-state index is -5.19. The first-order valence-corrected chi connectivity index (χ1v) is 14.7. The van der Waals surface area contributed by atoms with Gasteiger partial charge in [-0.05, 0) is 30.7 Å². The number of thioether (sulfide) groups is 1. The average Bonchev–Trinajstić information content (AvgIpc) is 2.97. The zero-order valence-corrected chi connectivity index (χ0v) is 24.2. The number of aromatic nitrogens is 1. The molecular formula is C28H32F6N4O5S. The first-order chi connectivity index (χ1) is 20.7. The number of amides is 2. The number of ketones is 1. The molecule has 1 aromatic carbocycles. The largest absolute Gasteiger partial charge is 0.542 e. The van der Waals surface area contributed by atoms with Crippen LogP contribution in [0.15, 0.2) is 54.9 Å². The number of carbonyl (C=O) groups excluding carboxylic acids is 4. The van der Waals surface area contributed by atoms with E-state index < -0.39 is 41.8 Å². The number of piperidine rings is 1. The third-order valence-corrected chi connectivity index (χ3v) is 7.49. The predicted octanol–water partition coefficient (Wildman–Crippen LogP) is 1.49. The van der Waals surface area contributed by atoms with Crippen LogP contribution >= 0.6 is 11.8 Å². The second-order valence-electron chi connectivity index (χ2n) is 9.86. The van der Waals surface area contributed by atoms with Gasteiger partial charge in [0.15, 0.2) is 0 Å². The molecule has 16 heteroatoms. The fraction of sp³-hybridized carbons (Fsp3) is 0.464. The van der Waals surface area contributed by atoms with E-state index in [0.29, 0.717) is 12.0 Å². The van der Waals surface area contributed by atoms with Gasteiger partial charge in [-0.25, -0.2) is 0 Å². The molecule has 3 N–H and O–H groups in total. The second kappa shape index (κ2) is 17.6. The van der Waals surface area contributed by atoms with E-state index in [2.05, 4.69) is 27.8 Å². The Balaban J connectivity index is 0.000000860. The van der Waals surface area contributed by atoms with Crippen molar-refractivity contribution in [2.24, 2.45) is 0 Å². The SMILES string of the molecule is O=C(N[C@@H](CCCSCC(=O)C(F)(F)F)C(=O)NC1CC[NH+](Cc2ccccc2)CC1)c1cccnc1.O=C([O-])C(F)(F)F. The number of aliphatic carboxylic acids is 1. The summed E-state index contributed by atoms with van der Waals surface area (Å²) in [5.41, 5.74) is 1.58. The maximum absolute atomic E-state index is 13.1. The van der Waals surface area contributed by atoms with Crippen molar-refractivity contribution in [1.29, 1.82) is 0 Å². The number of hydrogen-bond donors (Lipinski definition) is 3. The molecule has 0 spiro atoms. The number of nitrogens with one attached hydrogen (secondary N) is 3. The summed E-state index contributed by atoms with van der Waals surface area (Å²) < 4.78 is 68.7. The quantitative estimate of drug-likeness (QED) is 0.234. The van der Waals surface area contributed by atoms with Gasteiger partial charge in [-0.15, -0.1) is 0 Å². The Morgan fingerprint density at radius 1 is 0.977 bits per heavy atom. The lowest BCUT2D eigenvalue weighted by molar-refractivity contribution is -0.918. The van der Waals surface area contributed by atoms with E-state index >= 15 is 0 Å². The highest BCUT2D eigenvalue weighted by molar-refractivity contribution is 7.99. The van der Waals surface area contributed by atoms with Crippen molar-refractivity contribution in [2.45, 2.75) is 56.7 Å². The minimum Gasteiger partial charge on any atom is -0.542 e. The number of rotatable bonds is 12. The van der Waals surface area contributed by atoms with Gasteiger partial charge in [0, 0.05) is 36.8 Å². The van der Waals surface area contributed by atoms with Gasteiger partial charge in [-0.3, -0.25) is 19.4 Å². The van der Waals surface area contributed by atoms with Gasteiger partial charge in [0.05, 0.1) is 24.4 Å². The Kier molecular flexibility index (Phi) is 14.6. The highest BCUT2D eigenvalue weighted by atomic mass is 32.2. The minimum absolute atomic E-state index is 0.0106. The first kappa shape index (κ1) is 36.5. The zero-order chi connectivity index (χ0) is 32.8. The van der Waals surface area contributed by atoms with Crippen LogP contribution in [0.4, 0.5) is 26.3 Å². The summed E-state index contributed by atoms with van der Waals surface area (Å²) in [5, 5.41) is 14.6. The molecule has 0 radical (unpaired) electrons. The molecule has 44 heavy (non-hydrogen) atoms. The highest BCUT2D eigenvalue weighted by Gasteiger charge is 2.37. The summed E-state index contributed by atoms with van der Waals surface area (Å²) >= 11 is 0.867. The third-order valence-electron chi connectivity index (χ3n) is 6.44. The van der Waals surface area contributed by atoms with Crippen LogP contribution in [0.3, 0.4) is 0 Å². The molecule has 3 rings (SSSR count). The van der Waals surface area contributed by atoms with Crippen molar-refractivity contribution in [1.82, 2.24) is 15.6 Å². The normalized spacial score (nSPS) is 17.4. The van der Waals surface area contributed by atoms with E-state index in [1.807, 2.05) is 18.2 Å². The maximum atomic E-state index is 13.1. The summed E-state index contributed by atoms with van der Waals surface area (Å²) in [5.74, 6) is -5.95. The number of quaternary nitrogens is 1. The Hall–Kier alpha value is -3.66. The van der Waals surface area contributed by atoms with Crippen LogP contribution < -0.4 is 20.6 Å². The van der Waals surface area contributed by atoms with Crippen LogP contribution in [0, 0.1) is 0 Å². The Morgan fingerprint density at radius 2 is 1.61 bits per heavy atom. The molecule has 2 heterocycles. The first-order valence-electron chi connectivity index (χ1n) is 13.5. The molecule has 1 fully saturated rings. The van der Waals surface area contributed by atoms with Gasteiger partial charge in [0.25, 0.3) is 5.91 Å². The van der Waals surface area contributed by atoms with Gasteiger partial charge >= 0.3 is 12.4 Å². The van der Waals surface area contributed by atoms with Gasteiger partial charge in [-0.2, -0.15) is 38.1 Å². The summed E-state index contributed by atoms with van der Waals surface area (Å²) in [6.07, 6.45) is -4.88. The van der Waals surface area contributed by atoms with Crippen molar-refractivity contribution >= 4 is 35.3 Å². The molecule has 1 aliphatic heterocycles. The van der Waals surface area contributed by atoms with E-state index in [0.717, 1.165) is 44.2 Å². The molecule has 242 valence electrons. The van der Waals surface area contributed by atoms with Crippen molar-refractivity contribution in [3.05, 3.63) is 66.0 Å². The van der Waals surface area contributed by atoms with Crippen LogP contribution in [0.5, 0.6) is 0 Å². The number of halogens is 6. The van der Waals surface area contributed by atoms with E-state index in [-0.39, 0.29) is 24.1 Å². The number of nitrogens with zero attached hydrogens (tertiary/aromatic N) is 1. The number of pyridine rings is 1. The zero-order valence-electron chi connectivity index (χ0n) is 23.4. The fourth-order valence-corrected chi connectivity index (χ4v) is 5.04. The van der Waals surface area contributed by atoms with E-state index in [1.165, 1.54) is 22.9 Å². The van der Waals surface area contributed by atoms with Crippen molar-refractivity contribution in [2.75, 3.05) is 24.6 Å². The van der Waals surface area contributed by atoms with Gasteiger partial charge in [-0.1, -0.05) is 30.3 Å². The summed E-state index contributed by atoms with van der Waals surface area (Å²) in [6, 6.07) is 12.6. The molecule has 9 nitrogen and oxygen atoms in total. The third kappa shape index (κ3) is 13.8. The van der Waals surface area contributed by atoms with Crippen molar-refractivity contribution in [3.63, 3.8) is 0 Å². The number of likely N-dealkylation sites (tertiary alicyclic amines) is 1. The summed E-state index contributed by atoms with van der Waals surface area (Å²) in [7, 11) is 0. The molecule has 1 aliphatic rings. The number of alkyl halides is 6. The predicted molar refractivity (Wildman–Crippen MR) is 146 cm³/mol. The number of carboxylic acids is 1. The van der Waals surface area contributed by atoms with Crippen LogP contribution in [0.1, 0.15) is 41.6 Å². The van der Waals surface area contributed by atoms with Crippen LogP contribution in [-0.4, -0.2) is 77.6 Å². The molecule has 1 saturated heterocycles. The fourth-order valence-electron chi connectivity index (χ4n) is 4.18. The second-order valence-corrected chi connectivity index (χ2v) is 11.0. The molecule has 0 bridgehead atoms. The number of Topliss-reactive ketones (excluding diaryl/α,β-unsaturated/α-hetero) is 1. The van der Waals surface area contributed by atoms with Gasteiger partial charge < -0.3 is 25.4 Å². The molecule has 2 aromatic rings. The number of hydrogen-bond acceptors (Lipinski definition) is 7. The van der Waals surface area contributed by atoms with Crippen LogP contribution in [-0.2, 0) is 20.9 Å². The Bertz CT molecular complexity index is 1210. The smallest absolute Gasteiger partial charge is 0.450 e. The molecule has 1 aromatic heterocycles. The summed E-state index contributed by atoms with van der Waals surface area (Å²) in [4.78, 5) is 50.9. The number of carbonyl (C=O) groups is 4. The highest BCUT2D eigenvalue weighted by Crippen LogP contribution is 2.19. The standard InChI is InChI=1S/C26H31F3N4O3S.C2HF3O2/c27-26(28,29)23(34)18-37-15-5-9-22(32-24(35)20-8-4-12-30-16-20)25(36)31-21-10-13-33(14-11-21)17-19-6-2-1-3-7-19;3-2(4,5)1(6)7/h1-4,6-8,12,16,21-22H,5,9-11,13-15,17-18H2,(H,31,36)(H,32,35);(H,6,7)/t22-;/m0./s1. The number of carboxylic acid groups (broad SMARTS) is 1.